The number of carbonyl (C=O) groups is 1. The van der Waals surface area contributed by atoms with Crippen LogP contribution >= 0.6 is 0 Å². The summed E-state index contributed by atoms with van der Waals surface area (Å²) in [6.07, 6.45) is 3.98. The molecule has 0 bridgehead atoms. The first kappa shape index (κ1) is 12.2. The molecule has 2 rings (SSSR count). The van der Waals surface area contributed by atoms with E-state index in [0.29, 0.717) is 18.8 Å². The summed E-state index contributed by atoms with van der Waals surface area (Å²) in [5.41, 5.74) is 0.917. The second-order valence-corrected chi connectivity index (χ2v) is 3.75. The second kappa shape index (κ2) is 5.86. The molecule has 5 heteroatoms. The average Bonchev–Trinajstić information content (AvgIpc) is 2.39. The fourth-order valence-electron chi connectivity index (χ4n) is 1.46. The van der Waals surface area contributed by atoms with Crippen LogP contribution in [0.1, 0.15) is 12.0 Å². The molecule has 92 valence electrons. The number of anilines is 1. The number of carbonyl (C=O) groups excluding carboxylic acids is 1. The molecule has 0 aliphatic heterocycles. The van der Waals surface area contributed by atoms with Crippen molar-refractivity contribution in [2.45, 2.75) is 12.8 Å². The fraction of sp³-hybridized carbons (Fsp3) is 0.154. The van der Waals surface area contributed by atoms with E-state index in [4.69, 9.17) is 0 Å². The normalized spacial score (nSPS) is 10.1. The molecule has 0 atom stereocenters. The topological polar surface area (TPSA) is 54.9 Å². The third-order valence-electron chi connectivity index (χ3n) is 2.37. The van der Waals surface area contributed by atoms with Gasteiger partial charge in [0.1, 0.15) is 5.82 Å². The quantitative estimate of drug-likeness (QED) is 0.898. The van der Waals surface area contributed by atoms with Gasteiger partial charge in [0.2, 0.25) is 11.9 Å². The van der Waals surface area contributed by atoms with Gasteiger partial charge in [0.25, 0.3) is 0 Å². The van der Waals surface area contributed by atoms with Crippen LogP contribution in [-0.4, -0.2) is 15.9 Å². The fourth-order valence-corrected chi connectivity index (χ4v) is 1.46. The number of hydrogen-bond donors (Lipinski definition) is 1. The average molecular weight is 245 g/mol. The number of hydrogen-bond acceptors (Lipinski definition) is 3. The lowest BCUT2D eigenvalue weighted by Crippen LogP contribution is -2.14. The monoisotopic (exact) mass is 245 g/mol. The SMILES string of the molecule is O=C(CCc1ccc(F)cc1)Nc1ncccn1. The number of rotatable bonds is 4. The lowest BCUT2D eigenvalue weighted by molar-refractivity contribution is -0.116. The maximum atomic E-state index is 12.7. The highest BCUT2D eigenvalue weighted by Crippen LogP contribution is 2.06. The van der Waals surface area contributed by atoms with Gasteiger partial charge in [-0.3, -0.25) is 10.1 Å². The maximum absolute atomic E-state index is 12.7. The van der Waals surface area contributed by atoms with Crippen molar-refractivity contribution in [3.05, 3.63) is 54.1 Å². The van der Waals surface area contributed by atoms with Gasteiger partial charge in [-0.1, -0.05) is 12.1 Å². The second-order valence-electron chi connectivity index (χ2n) is 3.75. The van der Waals surface area contributed by atoms with Crippen molar-refractivity contribution < 1.29 is 9.18 Å². The summed E-state index contributed by atoms with van der Waals surface area (Å²) in [5, 5.41) is 2.59. The molecule has 1 N–H and O–H groups in total. The van der Waals surface area contributed by atoms with E-state index in [1.54, 1.807) is 30.6 Å². The van der Waals surface area contributed by atoms with E-state index in [1.807, 2.05) is 0 Å². The molecule has 1 heterocycles. The van der Waals surface area contributed by atoms with Crippen molar-refractivity contribution >= 4 is 11.9 Å². The highest BCUT2D eigenvalue weighted by atomic mass is 19.1. The highest BCUT2D eigenvalue weighted by Gasteiger charge is 2.04. The molecule has 4 nitrogen and oxygen atoms in total. The van der Waals surface area contributed by atoms with Gasteiger partial charge in [0, 0.05) is 18.8 Å². The molecular weight excluding hydrogens is 233 g/mol. The Hall–Kier alpha value is -2.30. The Kier molecular flexibility index (Phi) is 3.96. The summed E-state index contributed by atoms with van der Waals surface area (Å²) < 4.78 is 12.7. The van der Waals surface area contributed by atoms with Gasteiger partial charge in [-0.05, 0) is 30.2 Å². The Labute approximate surface area is 104 Å². The number of benzene rings is 1. The van der Waals surface area contributed by atoms with Crippen LogP contribution in [0.3, 0.4) is 0 Å². The van der Waals surface area contributed by atoms with Gasteiger partial charge in [0.05, 0.1) is 0 Å². The van der Waals surface area contributed by atoms with Crippen LogP contribution in [-0.2, 0) is 11.2 Å². The first-order chi connectivity index (χ1) is 8.74. The number of aromatic nitrogens is 2. The third-order valence-corrected chi connectivity index (χ3v) is 2.37. The molecule has 2 aromatic rings. The van der Waals surface area contributed by atoms with Gasteiger partial charge in [-0.15, -0.1) is 0 Å². The minimum absolute atomic E-state index is 0.162. The van der Waals surface area contributed by atoms with Crippen LogP contribution in [0.15, 0.2) is 42.7 Å². The first-order valence-corrected chi connectivity index (χ1v) is 5.55. The largest absolute Gasteiger partial charge is 0.295 e. The summed E-state index contributed by atoms with van der Waals surface area (Å²) in [7, 11) is 0. The van der Waals surface area contributed by atoms with Crippen LogP contribution in [0.2, 0.25) is 0 Å². The van der Waals surface area contributed by atoms with Crippen molar-refractivity contribution in [1.29, 1.82) is 0 Å². The Morgan fingerprint density at radius 2 is 1.83 bits per heavy atom. The molecule has 0 spiro atoms. The third kappa shape index (κ3) is 3.62. The predicted molar refractivity (Wildman–Crippen MR) is 65.4 cm³/mol. The lowest BCUT2D eigenvalue weighted by atomic mass is 10.1. The standard InChI is InChI=1S/C13H12FN3O/c14-11-5-2-10(3-6-11)4-7-12(18)17-13-15-8-1-9-16-13/h1-3,5-6,8-9H,4,7H2,(H,15,16,17,18). The van der Waals surface area contributed by atoms with Crippen molar-refractivity contribution in [3.8, 4) is 0 Å². The van der Waals surface area contributed by atoms with Gasteiger partial charge < -0.3 is 0 Å². The van der Waals surface area contributed by atoms with E-state index < -0.39 is 0 Å². The molecule has 0 radical (unpaired) electrons. The van der Waals surface area contributed by atoms with E-state index in [9.17, 15) is 9.18 Å². The van der Waals surface area contributed by atoms with Gasteiger partial charge in [0.15, 0.2) is 0 Å². The maximum Gasteiger partial charge on any atom is 0.229 e. The Bertz CT molecular complexity index is 514. The van der Waals surface area contributed by atoms with Gasteiger partial charge >= 0.3 is 0 Å². The van der Waals surface area contributed by atoms with E-state index in [-0.39, 0.29) is 11.7 Å². The van der Waals surface area contributed by atoms with E-state index in [1.165, 1.54) is 12.1 Å². The smallest absolute Gasteiger partial charge is 0.229 e. The van der Waals surface area contributed by atoms with Gasteiger partial charge in [-0.25, -0.2) is 14.4 Å². The number of nitrogens with one attached hydrogen (secondary N) is 1. The van der Waals surface area contributed by atoms with Crippen molar-refractivity contribution in [3.63, 3.8) is 0 Å². The number of aryl methyl sites for hydroxylation is 1. The molecular formula is C13H12FN3O. The van der Waals surface area contributed by atoms with Crippen LogP contribution in [0.4, 0.5) is 10.3 Å². The van der Waals surface area contributed by atoms with E-state index in [0.717, 1.165) is 5.56 Å². The number of halogens is 1. The zero-order valence-corrected chi connectivity index (χ0v) is 9.64. The summed E-state index contributed by atoms with van der Waals surface area (Å²) in [6.45, 7) is 0. The molecule has 18 heavy (non-hydrogen) atoms. The molecule has 1 aromatic carbocycles. The predicted octanol–water partition coefficient (Wildman–Crippen LogP) is 2.19. The molecule has 1 aromatic heterocycles. The van der Waals surface area contributed by atoms with Crippen molar-refractivity contribution in [2.24, 2.45) is 0 Å². The molecule has 1 amide bonds. The number of nitrogens with zero attached hydrogens (tertiary/aromatic N) is 2. The number of amides is 1. The summed E-state index contributed by atoms with van der Waals surface area (Å²) in [4.78, 5) is 19.4. The van der Waals surface area contributed by atoms with E-state index >= 15 is 0 Å². The molecule has 0 saturated heterocycles. The highest BCUT2D eigenvalue weighted by molar-refractivity contribution is 5.88. The van der Waals surface area contributed by atoms with Crippen LogP contribution in [0.5, 0.6) is 0 Å². The summed E-state index contributed by atoms with van der Waals surface area (Å²) >= 11 is 0. The van der Waals surface area contributed by atoms with E-state index in [2.05, 4.69) is 15.3 Å². The Morgan fingerprint density at radius 3 is 2.50 bits per heavy atom. The molecule has 0 saturated carbocycles. The minimum Gasteiger partial charge on any atom is -0.295 e. The zero-order chi connectivity index (χ0) is 12.8. The lowest BCUT2D eigenvalue weighted by Gasteiger charge is -2.03. The minimum atomic E-state index is -0.277. The molecule has 0 aliphatic carbocycles. The Morgan fingerprint density at radius 1 is 1.17 bits per heavy atom. The summed E-state index contributed by atoms with van der Waals surface area (Å²) in [6, 6.07) is 7.78. The van der Waals surface area contributed by atoms with Gasteiger partial charge in [-0.2, -0.15) is 0 Å². The van der Waals surface area contributed by atoms with Crippen molar-refractivity contribution in [1.82, 2.24) is 9.97 Å². The van der Waals surface area contributed by atoms with Crippen molar-refractivity contribution in [2.75, 3.05) is 5.32 Å². The first-order valence-electron chi connectivity index (χ1n) is 5.55. The molecule has 0 aliphatic rings. The van der Waals surface area contributed by atoms with Crippen LogP contribution < -0.4 is 5.32 Å². The summed E-state index contributed by atoms with van der Waals surface area (Å²) in [5.74, 6) is -0.145. The Balaban J connectivity index is 1.83. The van der Waals surface area contributed by atoms with Crippen LogP contribution in [0.25, 0.3) is 0 Å². The molecule has 0 unspecified atom stereocenters. The zero-order valence-electron chi connectivity index (χ0n) is 9.64. The van der Waals surface area contributed by atoms with Crippen LogP contribution in [0, 0.1) is 5.82 Å². The molecule has 0 fully saturated rings.